The van der Waals surface area contributed by atoms with Crippen molar-refractivity contribution in [3.8, 4) is 5.75 Å². The minimum atomic E-state index is -0.395. The second kappa shape index (κ2) is 12.4. The van der Waals surface area contributed by atoms with Crippen LogP contribution in [0.1, 0.15) is 37.6 Å². The molecule has 2 amide bonds. The lowest BCUT2D eigenvalue weighted by Gasteiger charge is -2.37. The van der Waals surface area contributed by atoms with E-state index in [4.69, 9.17) is 40.2 Å². The van der Waals surface area contributed by atoms with E-state index < -0.39 is 5.91 Å². The van der Waals surface area contributed by atoms with Gasteiger partial charge in [0, 0.05) is 43.2 Å². The van der Waals surface area contributed by atoms with E-state index >= 15 is 0 Å². The van der Waals surface area contributed by atoms with Crippen LogP contribution < -0.4 is 20.3 Å². The Labute approximate surface area is 221 Å². The van der Waals surface area contributed by atoms with Gasteiger partial charge in [0.1, 0.15) is 5.75 Å². The van der Waals surface area contributed by atoms with Crippen LogP contribution in [-0.2, 0) is 4.79 Å². The average Bonchev–Trinajstić information content (AvgIpc) is 2.80. The summed E-state index contributed by atoms with van der Waals surface area (Å²) in [4.78, 5) is 29.2. The van der Waals surface area contributed by atoms with Gasteiger partial charge in [-0.25, -0.2) is 0 Å². The molecule has 0 aromatic heterocycles. The van der Waals surface area contributed by atoms with Gasteiger partial charge in [-0.15, -0.1) is 0 Å². The SMILES string of the molecule is CCOc1ccc(C(=O)NC(=S)Nc2cc(Cl)ccc2N2CCN(C(=O)CC(C)C)CC2)cc1Cl. The topological polar surface area (TPSA) is 73.9 Å². The molecule has 10 heteroatoms. The molecule has 35 heavy (non-hydrogen) atoms. The first-order valence-electron chi connectivity index (χ1n) is 11.5. The Bertz CT molecular complexity index is 1090. The first-order chi connectivity index (χ1) is 16.7. The van der Waals surface area contributed by atoms with E-state index in [-0.39, 0.29) is 11.0 Å². The number of hydrogen-bond donors (Lipinski definition) is 2. The monoisotopic (exact) mass is 536 g/mol. The second-order valence-electron chi connectivity index (χ2n) is 8.61. The van der Waals surface area contributed by atoms with E-state index in [1.807, 2.05) is 37.8 Å². The molecule has 2 aromatic rings. The molecule has 1 fully saturated rings. The van der Waals surface area contributed by atoms with Crippen LogP contribution >= 0.6 is 35.4 Å². The molecule has 1 saturated heterocycles. The minimum absolute atomic E-state index is 0.134. The number of hydrogen-bond acceptors (Lipinski definition) is 5. The van der Waals surface area contributed by atoms with Gasteiger partial charge in [-0.2, -0.15) is 0 Å². The fraction of sp³-hybridized carbons (Fsp3) is 0.400. The highest BCUT2D eigenvalue weighted by molar-refractivity contribution is 7.80. The van der Waals surface area contributed by atoms with Crippen LogP contribution in [0, 0.1) is 5.92 Å². The maximum absolute atomic E-state index is 12.7. The van der Waals surface area contributed by atoms with Crippen molar-refractivity contribution < 1.29 is 14.3 Å². The molecule has 2 N–H and O–H groups in total. The van der Waals surface area contributed by atoms with Crippen molar-refractivity contribution in [3.05, 3.63) is 52.0 Å². The number of halogens is 2. The van der Waals surface area contributed by atoms with Gasteiger partial charge in [0.05, 0.1) is 23.0 Å². The highest BCUT2D eigenvalue weighted by atomic mass is 35.5. The zero-order valence-electron chi connectivity index (χ0n) is 20.1. The van der Waals surface area contributed by atoms with Gasteiger partial charge in [0.15, 0.2) is 5.11 Å². The Morgan fingerprint density at radius 2 is 1.80 bits per heavy atom. The lowest BCUT2D eigenvalue weighted by molar-refractivity contribution is -0.132. The molecule has 188 valence electrons. The zero-order chi connectivity index (χ0) is 25.5. The third-order valence-electron chi connectivity index (χ3n) is 5.48. The molecule has 0 radical (unpaired) electrons. The molecule has 1 aliphatic heterocycles. The smallest absolute Gasteiger partial charge is 0.257 e. The van der Waals surface area contributed by atoms with Crippen molar-refractivity contribution in [2.24, 2.45) is 5.92 Å². The second-order valence-corrected chi connectivity index (χ2v) is 9.87. The maximum atomic E-state index is 12.7. The number of thiocarbonyl (C=S) groups is 1. The molecule has 1 aliphatic rings. The standard InChI is InChI=1S/C25H30Cl2N4O3S/c1-4-34-22-8-5-17(14-19(22)27)24(33)29-25(35)28-20-15-18(26)6-7-21(20)30-9-11-31(12-10-30)23(32)13-16(2)3/h5-8,14-16H,4,9-13H2,1-3H3,(H2,28,29,33,35). The van der Waals surface area contributed by atoms with Crippen LogP contribution in [0.5, 0.6) is 5.75 Å². The molecule has 1 heterocycles. The summed E-state index contributed by atoms with van der Waals surface area (Å²) in [6.07, 6.45) is 0.557. The van der Waals surface area contributed by atoms with Crippen molar-refractivity contribution in [2.75, 3.05) is 43.0 Å². The highest BCUT2D eigenvalue weighted by Gasteiger charge is 2.23. The zero-order valence-corrected chi connectivity index (χ0v) is 22.4. The Morgan fingerprint density at radius 3 is 2.43 bits per heavy atom. The molecule has 2 aromatic carbocycles. The number of nitrogens with one attached hydrogen (secondary N) is 2. The Balaban J connectivity index is 1.65. The van der Waals surface area contributed by atoms with Crippen molar-refractivity contribution >= 4 is 63.7 Å². The van der Waals surface area contributed by atoms with Gasteiger partial charge in [-0.1, -0.05) is 37.0 Å². The van der Waals surface area contributed by atoms with E-state index in [0.717, 1.165) is 5.69 Å². The predicted molar refractivity (Wildman–Crippen MR) is 146 cm³/mol. The van der Waals surface area contributed by atoms with Crippen LogP contribution in [-0.4, -0.2) is 54.6 Å². The summed E-state index contributed by atoms with van der Waals surface area (Å²) in [5, 5.41) is 6.79. The van der Waals surface area contributed by atoms with Gasteiger partial charge in [0.25, 0.3) is 5.91 Å². The summed E-state index contributed by atoms with van der Waals surface area (Å²) in [7, 11) is 0. The van der Waals surface area contributed by atoms with Crippen LogP contribution in [0.3, 0.4) is 0 Å². The van der Waals surface area contributed by atoms with Gasteiger partial charge in [-0.3, -0.25) is 14.9 Å². The van der Waals surface area contributed by atoms with E-state index in [1.54, 1.807) is 18.2 Å². The average molecular weight is 538 g/mol. The number of benzene rings is 2. The Morgan fingerprint density at radius 1 is 1.09 bits per heavy atom. The highest BCUT2D eigenvalue weighted by Crippen LogP contribution is 2.30. The molecular formula is C25H30Cl2N4O3S. The fourth-order valence-electron chi connectivity index (χ4n) is 3.80. The number of nitrogens with zero attached hydrogens (tertiary/aromatic N) is 2. The normalized spacial score (nSPS) is 13.5. The summed E-state index contributed by atoms with van der Waals surface area (Å²) in [5.41, 5.74) is 1.93. The summed E-state index contributed by atoms with van der Waals surface area (Å²) < 4.78 is 5.41. The first-order valence-corrected chi connectivity index (χ1v) is 12.7. The first kappa shape index (κ1) is 27.0. The van der Waals surface area contributed by atoms with Crippen LogP contribution in [0.25, 0.3) is 0 Å². The van der Waals surface area contributed by atoms with Gasteiger partial charge in [0.2, 0.25) is 5.91 Å². The lowest BCUT2D eigenvalue weighted by atomic mass is 10.1. The molecule has 7 nitrogen and oxygen atoms in total. The number of anilines is 2. The number of carbonyl (C=O) groups is 2. The Hall–Kier alpha value is -2.55. The largest absolute Gasteiger partial charge is 0.492 e. The van der Waals surface area contributed by atoms with Gasteiger partial charge < -0.3 is 19.9 Å². The van der Waals surface area contributed by atoms with Crippen molar-refractivity contribution in [3.63, 3.8) is 0 Å². The fourth-order valence-corrected chi connectivity index (χ4v) is 4.41. The predicted octanol–water partition coefficient (Wildman–Crippen LogP) is 5.21. The maximum Gasteiger partial charge on any atom is 0.257 e. The van der Waals surface area contributed by atoms with Crippen LogP contribution in [0.2, 0.25) is 10.0 Å². The molecule has 0 unspecified atom stereocenters. The van der Waals surface area contributed by atoms with E-state index in [9.17, 15) is 9.59 Å². The van der Waals surface area contributed by atoms with E-state index in [2.05, 4.69) is 15.5 Å². The van der Waals surface area contributed by atoms with Gasteiger partial charge >= 0.3 is 0 Å². The molecule has 0 spiro atoms. The third-order valence-corrected chi connectivity index (χ3v) is 6.22. The minimum Gasteiger partial charge on any atom is -0.492 e. The molecule has 0 aliphatic carbocycles. The molecule has 3 rings (SSSR count). The van der Waals surface area contributed by atoms with Crippen LogP contribution in [0.4, 0.5) is 11.4 Å². The molecule has 0 saturated carbocycles. The quantitative estimate of drug-likeness (QED) is 0.473. The summed E-state index contributed by atoms with van der Waals surface area (Å²) in [5.74, 6) is 0.643. The number of carbonyl (C=O) groups excluding carboxylic acids is 2. The molecule has 0 atom stereocenters. The van der Waals surface area contributed by atoms with E-state index in [1.165, 1.54) is 6.07 Å². The summed E-state index contributed by atoms with van der Waals surface area (Å²) in [6.45, 7) is 9.09. The van der Waals surface area contributed by atoms with Crippen molar-refractivity contribution in [1.29, 1.82) is 0 Å². The van der Waals surface area contributed by atoms with Crippen molar-refractivity contribution in [1.82, 2.24) is 10.2 Å². The summed E-state index contributed by atoms with van der Waals surface area (Å²) in [6, 6.07) is 10.3. The molecule has 0 bridgehead atoms. The third kappa shape index (κ3) is 7.46. The number of amides is 2. The van der Waals surface area contributed by atoms with Crippen molar-refractivity contribution in [2.45, 2.75) is 27.2 Å². The summed E-state index contributed by atoms with van der Waals surface area (Å²) >= 11 is 17.8. The van der Waals surface area contributed by atoms with Gasteiger partial charge in [-0.05, 0) is 61.5 Å². The number of piperazine rings is 1. The molecular weight excluding hydrogens is 507 g/mol. The van der Waals surface area contributed by atoms with Crippen LogP contribution in [0.15, 0.2) is 36.4 Å². The number of ether oxygens (including phenoxy) is 1. The van der Waals surface area contributed by atoms with E-state index in [0.29, 0.717) is 72.2 Å². The Kier molecular flexibility index (Phi) is 9.60. The lowest BCUT2D eigenvalue weighted by Crippen LogP contribution is -2.49. The number of rotatable bonds is 7.